The Bertz CT molecular complexity index is 1330. The first kappa shape index (κ1) is 19.6. The van der Waals surface area contributed by atoms with Crippen molar-refractivity contribution in [2.45, 2.75) is 0 Å². The third-order valence-electron chi connectivity index (χ3n) is 4.40. The van der Waals surface area contributed by atoms with Crippen molar-refractivity contribution in [2.75, 3.05) is 14.2 Å². The molecule has 0 atom stereocenters. The lowest BCUT2D eigenvalue weighted by molar-refractivity contribution is 0.414. The zero-order chi connectivity index (χ0) is 20.9. The Kier molecular flexibility index (Phi) is 5.72. The Morgan fingerprint density at radius 3 is 2.50 bits per heavy atom. The lowest BCUT2D eigenvalue weighted by Gasteiger charge is -2.02. The maximum atomic E-state index is 12.6. The summed E-state index contributed by atoms with van der Waals surface area (Å²) in [6.45, 7) is 0. The zero-order valence-electron chi connectivity index (χ0n) is 16.5. The van der Waals surface area contributed by atoms with E-state index < -0.39 is 0 Å². The number of aromatic nitrogens is 3. The standard InChI is InChI=1S/C23H19N3O3S/c1-28-18-13-10-16(11-14-18)12-15-21-24-23-26(25-21)22(27)20(30-23)9-5-7-17-6-3-4-8-19(17)29-2/h3-15H,1-2H3/b7-5+,15-12+,20-9-. The topological polar surface area (TPSA) is 65.7 Å². The largest absolute Gasteiger partial charge is 0.497 e. The molecule has 6 nitrogen and oxygen atoms in total. The Balaban J connectivity index is 1.56. The van der Waals surface area contributed by atoms with Gasteiger partial charge >= 0.3 is 0 Å². The highest BCUT2D eigenvalue weighted by Crippen LogP contribution is 2.18. The summed E-state index contributed by atoms with van der Waals surface area (Å²) in [5.74, 6) is 2.07. The number of methoxy groups -OCH3 is 2. The monoisotopic (exact) mass is 417 g/mol. The average Bonchev–Trinajstić information content (AvgIpc) is 3.31. The van der Waals surface area contributed by atoms with Gasteiger partial charge in [-0.2, -0.15) is 9.50 Å². The van der Waals surface area contributed by atoms with Crippen LogP contribution in [0.1, 0.15) is 17.0 Å². The Hall–Kier alpha value is -3.71. The fourth-order valence-corrected chi connectivity index (χ4v) is 3.73. The summed E-state index contributed by atoms with van der Waals surface area (Å²) in [7, 11) is 3.26. The van der Waals surface area contributed by atoms with Gasteiger partial charge in [0.25, 0.3) is 5.56 Å². The van der Waals surface area contributed by atoms with Crippen LogP contribution in [0.2, 0.25) is 0 Å². The quantitative estimate of drug-likeness (QED) is 0.480. The number of allylic oxidation sites excluding steroid dienone is 1. The molecule has 4 aromatic rings. The minimum Gasteiger partial charge on any atom is -0.497 e. The highest BCUT2D eigenvalue weighted by Gasteiger charge is 2.08. The van der Waals surface area contributed by atoms with Crippen molar-refractivity contribution >= 4 is 40.6 Å². The highest BCUT2D eigenvalue weighted by molar-refractivity contribution is 7.15. The van der Waals surface area contributed by atoms with Crippen molar-refractivity contribution in [3.8, 4) is 11.5 Å². The molecule has 0 bridgehead atoms. The third kappa shape index (κ3) is 4.16. The molecule has 0 saturated heterocycles. The van der Waals surface area contributed by atoms with E-state index in [0.717, 1.165) is 22.6 Å². The predicted octanol–water partition coefficient (Wildman–Crippen LogP) is 3.55. The molecule has 0 amide bonds. The molecule has 0 radical (unpaired) electrons. The van der Waals surface area contributed by atoms with Gasteiger partial charge < -0.3 is 9.47 Å². The fourth-order valence-electron chi connectivity index (χ4n) is 2.86. The number of fused-ring (bicyclic) bond motifs is 1. The van der Waals surface area contributed by atoms with E-state index in [1.54, 1.807) is 26.4 Å². The number of hydrogen-bond donors (Lipinski definition) is 0. The molecule has 4 rings (SSSR count). The lowest BCUT2D eigenvalue weighted by Crippen LogP contribution is -2.23. The summed E-state index contributed by atoms with van der Waals surface area (Å²) >= 11 is 1.30. The highest BCUT2D eigenvalue weighted by atomic mass is 32.1. The van der Waals surface area contributed by atoms with E-state index in [4.69, 9.17) is 9.47 Å². The van der Waals surface area contributed by atoms with Crippen LogP contribution in [0.5, 0.6) is 11.5 Å². The summed E-state index contributed by atoms with van der Waals surface area (Å²) in [6.07, 6.45) is 9.17. The van der Waals surface area contributed by atoms with Crippen LogP contribution >= 0.6 is 11.3 Å². The van der Waals surface area contributed by atoms with Gasteiger partial charge in [0.15, 0.2) is 5.82 Å². The number of nitrogens with zero attached hydrogens (tertiary/aromatic N) is 3. The number of benzene rings is 2. The number of hydrogen-bond acceptors (Lipinski definition) is 6. The Labute approximate surface area is 177 Å². The van der Waals surface area contributed by atoms with Gasteiger partial charge in [-0.25, -0.2) is 0 Å². The minimum absolute atomic E-state index is 0.184. The molecule has 2 heterocycles. The van der Waals surface area contributed by atoms with E-state index in [9.17, 15) is 4.79 Å². The molecule has 2 aromatic heterocycles. The van der Waals surface area contributed by atoms with E-state index in [1.807, 2.05) is 66.8 Å². The van der Waals surface area contributed by atoms with Crippen LogP contribution in [0.25, 0.3) is 29.3 Å². The van der Waals surface area contributed by atoms with Crippen molar-refractivity contribution in [1.29, 1.82) is 0 Å². The van der Waals surface area contributed by atoms with Crippen LogP contribution in [-0.2, 0) is 0 Å². The van der Waals surface area contributed by atoms with Gasteiger partial charge in [-0.15, -0.1) is 5.10 Å². The van der Waals surface area contributed by atoms with E-state index in [2.05, 4.69) is 10.1 Å². The number of thiazole rings is 1. The van der Waals surface area contributed by atoms with Crippen molar-refractivity contribution in [1.82, 2.24) is 14.6 Å². The number of ether oxygens (including phenoxy) is 2. The molecule has 0 spiro atoms. The van der Waals surface area contributed by atoms with Gasteiger partial charge in [0.2, 0.25) is 4.96 Å². The smallest absolute Gasteiger partial charge is 0.291 e. The molecular formula is C23H19N3O3S. The van der Waals surface area contributed by atoms with Gasteiger partial charge in [0.1, 0.15) is 11.5 Å². The number of rotatable bonds is 6. The predicted molar refractivity (Wildman–Crippen MR) is 121 cm³/mol. The summed E-state index contributed by atoms with van der Waals surface area (Å²) < 4.78 is 12.4. The summed E-state index contributed by atoms with van der Waals surface area (Å²) in [5.41, 5.74) is 1.75. The maximum absolute atomic E-state index is 12.6. The van der Waals surface area contributed by atoms with Crippen molar-refractivity contribution < 1.29 is 9.47 Å². The molecule has 0 fully saturated rings. The van der Waals surface area contributed by atoms with Gasteiger partial charge in [-0.05, 0) is 35.9 Å². The van der Waals surface area contributed by atoms with Crippen LogP contribution in [-0.4, -0.2) is 28.8 Å². The van der Waals surface area contributed by atoms with Gasteiger partial charge in [-0.3, -0.25) is 4.79 Å². The van der Waals surface area contributed by atoms with Crippen molar-refractivity contribution in [2.24, 2.45) is 0 Å². The molecule has 0 saturated carbocycles. The normalized spacial score (nSPS) is 12.4. The molecule has 150 valence electrons. The van der Waals surface area contributed by atoms with Gasteiger partial charge in [0.05, 0.1) is 18.8 Å². The first-order valence-corrected chi connectivity index (χ1v) is 10.0. The van der Waals surface area contributed by atoms with Crippen LogP contribution in [0.3, 0.4) is 0 Å². The minimum atomic E-state index is -0.184. The maximum Gasteiger partial charge on any atom is 0.291 e. The molecule has 0 aliphatic heterocycles. The molecule has 7 heteroatoms. The van der Waals surface area contributed by atoms with Crippen molar-refractivity contribution in [3.63, 3.8) is 0 Å². The summed E-state index contributed by atoms with van der Waals surface area (Å²) in [4.78, 5) is 17.6. The second-order valence-corrected chi connectivity index (χ2v) is 7.32. The lowest BCUT2D eigenvalue weighted by atomic mass is 10.2. The SMILES string of the molecule is COc1ccc(/C=C/c2nc3s/c(=C\C=C\c4ccccc4OC)c(=O)n3n2)cc1. The second kappa shape index (κ2) is 8.75. The third-order valence-corrected chi connectivity index (χ3v) is 5.38. The summed E-state index contributed by atoms with van der Waals surface area (Å²) in [6, 6.07) is 15.3. The fraction of sp³-hybridized carbons (Fsp3) is 0.0870. The van der Waals surface area contributed by atoms with Crippen LogP contribution in [0.15, 0.2) is 59.4 Å². The molecular weight excluding hydrogens is 398 g/mol. The van der Waals surface area contributed by atoms with Crippen LogP contribution in [0, 0.1) is 0 Å². The first-order chi connectivity index (χ1) is 14.7. The summed E-state index contributed by atoms with van der Waals surface area (Å²) in [5, 5.41) is 4.30. The van der Waals surface area contributed by atoms with E-state index in [0.29, 0.717) is 15.3 Å². The van der Waals surface area contributed by atoms with E-state index in [1.165, 1.54) is 15.9 Å². The Morgan fingerprint density at radius 2 is 1.77 bits per heavy atom. The van der Waals surface area contributed by atoms with Gasteiger partial charge in [-0.1, -0.05) is 59.9 Å². The first-order valence-electron chi connectivity index (χ1n) is 9.21. The van der Waals surface area contributed by atoms with Crippen LogP contribution < -0.4 is 19.6 Å². The zero-order valence-corrected chi connectivity index (χ0v) is 17.3. The van der Waals surface area contributed by atoms with E-state index >= 15 is 0 Å². The van der Waals surface area contributed by atoms with Gasteiger partial charge in [0, 0.05) is 5.56 Å². The molecule has 0 unspecified atom stereocenters. The van der Waals surface area contributed by atoms with Crippen molar-refractivity contribution in [3.05, 3.63) is 86.4 Å². The molecule has 0 aliphatic carbocycles. The molecule has 0 N–H and O–H groups in total. The van der Waals surface area contributed by atoms with Crippen LogP contribution in [0.4, 0.5) is 0 Å². The van der Waals surface area contributed by atoms with E-state index in [-0.39, 0.29) is 5.56 Å². The number of para-hydroxylation sites is 1. The molecule has 0 aliphatic rings. The molecule has 2 aromatic carbocycles. The average molecular weight is 417 g/mol. The Morgan fingerprint density at radius 1 is 0.967 bits per heavy atom. The second-order valence-electron chi connectivity index (χ2n) is 6.31. The molecule has 30 heavy (non-hydrogen) atoms.